The topological polar surface area (TPSA) is 107 Å². The zero-order chi connectivity index (χ0) is 17.4. The molecule has 2 saturated heterocycles. The predicted octanol–water partition coefficient (Wildman–Crippen LogP) is 0.409. The highest BCUT2D eigenvalue weighted by atomic mass is 16.2. The lowest BCUT2D eigenvalue weighted by Crippen LogP contribution is -2.42. The van der Waals surface area contributed by atoms with Gasteiger partial charge in [0, 0.05) is 31.2 Å². The van der Waals surface area contributed by atoms with Crippen molar-refractivity contribution in [3.8, 4) is 11.3 Å². The summed E-state index contributed by atoms with van der Waals surface area (Å²) in [6.45, 7) is 6.08. The van der Waals surface area contributed by atoms with Crippen LogP contribution in [-0.4, -0.2) is 46.3 Å². The lowest BCUT2D eigenvalue weighted by atomic mass is 9.80. The Hall–Kier alpha value is -2.48. The molecule has 0 amide bonds. The second kappa shape index (κ2) is 6.11. The molecule has 4 heterocycles. The molecule has 8 nitrogen and oxygen atoms in total. The van der Waals surface area contributed by atoms with Crippen molar-refractivity contribution in [1.29, 1.82) is 0 Å². The van der Waals surface area contributed by atoms with Gasteiger partial charge in [0.15, 0.2) is 0 Å². The first-order valence-corrected chi connectivity index (χ1v) is 8.69. The summed E-state index contributed by atoms with van der Waals surface area (Å²) in [5, 5.41) is 11.9. The van der Waals surface area contributed by atoms with Crippen molar-refractivity contribution < 1.29 is 0 Å². The van der Waals surface area contributed by atoms with Crippen molar-refractivity contribution in [3.05, 3.63) is 38.8 Å². The summed E-state index contributed by atoms with van der Waals surface area (Å²) in [4.78, 5) is 30.3. The number of aromatic amines is 2. The van der Waals surface area contributed by atoms with E-state index in [-0.39, 0.29) is 0 Å². The lowest BCUT2D eigenvalue weighted by molar-refractivity contribution is 0.239. The van der Waals surface area contributed by atoms with Gasteiger partial charge in [0.2, 0.25) is 0 Å². The summed E-state index contributed by atoms with van der Waals surface area (Å²) in [6.07, 6.45) is 5.02. The van der Waals surface area contributed by atoms with Crippen molar-refractivity contribution >= 4 is 5.69 Å². The van der Waals surface area contributed by atoms with Gasteiger partial charge in [0.1, 0.15) is 5.69 Å². The summed E-state index contributed by atoms with van der Waals surface area (Å²) in [7, 11) is 0. The highest BCUT2D eigenvalue weighted by Gasteiger charge is 2.39. The number of anilines is 1. The van der Waals surface area contributed by atoms with E-state index in [0.29, 0.717) is 16.7 Å². The minimum absolute atomic E-state index is 0.321. The fourth-order valence-electron chi connectivity index (χ4n) is 4.01. The maximum atomic E-state index is 12.0. The summed E-state index contributed by atoms with van der Waals surface area (Å²) in [5.41, 5.74) is 2.01. The molecule has 25 heavy (non-hydrogen) atoms. The van der Waals surface area contributed by atoms with Gasteiger partial charge in [0.05, 0.1) is 16.9 Å². The third-order valence-corrected chi connectivity index (χ3v) is 5.39. The van der Waals surface area contributed by atoms with E-state index in [2.05, 4.69) is 30.4 Å². The Kier molecular flexibility index (Phi) is 3.91. The number of piperidine rings is 1. The molecule has 1 unspecified atom stereocenters. The number of hydrogen-bond acceptors (Lipinski definition) is 6. The third-order valence-electron chi connectivity index (χ3n) is 5.39. The predicted molar refractivity (Wildman–Crippen MR) is 94.8 cm³/mol. The molecule has 132 valence electrons. The number of aromatic nitrogens is 4. The van der Waals surface area contributed by atoms with Crippen LogP contribution in [0.5, 0.6) is 0 Å². The van der Waals surface area contributed by atoms with Crippen molar-refractivity contribution in [2.24, 2.45) is 5.41 Å². The van der Waals surface area contributed by atoms with Crippen LogP contribution in [0.4, 0.5) is 5.69 Å². The van der Waals surface area contributed by atoms with Crippen molar-refractivity contribution in [3.63, 3.8) is 0 Å². The van der Waals surface area contributed by atoms with E-state index in [4.69, 9.17) is 0 Å². The number of aryl methyl sites for hydroxylation is 1. The lowest BCUT2D eigenvalue weighted by Gasteiger charge is -2.34. The van der Waals surface area contributed by atoms with E-state index in [0.717, 1.165) is 44.0 Å². The fraction of sp³-hybridized carbons (Fsp3) is 0.529. The van der Waals surface area contributed by atoms with Crippen LogP contribution in [0.1, 0.15) is 25.0 Å². The normalized spacial score (nSPS) is 23.3. The first kappa shape index (κ1) is 16.0. The summed E-state index contributed by atoms with van der Waals surface area (Å²) in [5.74, 6) is 0. The monoisotopic (exact) mass is 342 g/mol. The second-order valence-corrected chi connectivity index (χ2v) is 7.14. The molecule has 0 aliphatic carbocycles. The smallest absolute Gasteiger partial charge is 0.325 e. The molecular weight excluding hydrogens is 320 g/mol. The molecule has 0 saturated carbocycles. The quantitative estimate of drug-likeness (QED) is 0.730. The molecule has 1 atom stereocenters. The number of H-pyrrole nitrogens is 2. The molecule has 0 bridgehead atoms. The Labute approximate surface area is 144 Å². The van der Waals surface area contributed by atoms with Crippen LogP contribution in [0, 0.1) is 12.3 Å². The van der Waals surface area contributed by atoms with E-state index in [1.54, 1.807) is 0 Å². The number of nitrogens with one attached hydrogen (secondary N) is 3. The average molecular weight is 342 g/mol. The summed E-state index contributed by atoms with van der Waals surface area (Å²) >= 11 is 0. The Morgan fingerprint density at radius 2 is 2.12 bits per heavy atom. The van der Waals surface area contributed by atoms with E-state index < -0.39 is 11.2 Å². The summed E-state index contributed by atoms with van der Waals surface area (Å²) < 4.78 is 0. The van der Waals surface area contributed by atoms with Gasteiger partial charge in [-0.1, -0.05) is 0 Å². The molecule has 2 aliphatic rings. The molecule has 0 aromatic carbocycles. The van der Waals surface area contributed by atoms with E-state index >= 15 is 0 Å². The van der Waals surface area contributed by atoms with Crippen molar-refractivity contribution in [1.82, 2.24) is 25.5 Å². The highest BCUT2D eigenvalue weighted by Crippen LogP contribution is 2.39. The van der Waals surface area contributed by atoms with Crippen LogP contribution >= 0.6 is 0 Å². The Bertz CT molecular complexity index is 896. The van der Waals surface area contributed by atoms with Gasteiger partial charge in [-0.2, -0.15) is 5.10 Å². The molecule has 2 aromatic rings. The molecular formula is C17H22N6O2. The van der Waals surface area contributed by atoms with E-state index in [1.165, 1.54) is 19.0 Å². The SMILES string of the molecule is Cc1nnc(-c2c[nH]c(=O)[nH]c2=O)cc1N1CCC2(CCCNC2)C1. The van der Waals surface area contributed by atoms with Crippen LogP contribution in [0.2, 0.25) is 0 Å². The third kappa shape index (κ3) is 2.97. The van der Waals surface area contributed by atoms with Gasteiger partial charge in [-0.15, -0.1) is 5.10 Å². The molecule has 2 fully saturated rings. The molecule has 2 aliphatic heterocycles. The minimum Gasteiger partial charge on any atom is -0.369 e. The van der Waals surface area contributed by atoms with E-state index in [1.807, 2.05) is 13.0 Å². The van der Waals surface area contributed by atoms with Crippen molar-refractivity contribution in [2.45, 2.75) is 26.2 Å². The van der Waals surface area contributed by atoms with Gasteiger partial charge >= 0.3 is 5.69 Å². The standard InChI is InChI=1S/C17H22N6O2/c1-11-14(23-6-4-17(10-23)3-2-5-18-9-17)7-13(22-21-11)12-8-19-16(25)20-15(12)24/h7-8,18H,2-6,9-10H2,1H3,(H2,19,20,24,25). The zero-order valence-electron chi connectivity index (χ0n) is 14.3. The van der Waals surface area contributed by atoms with Gasteiger partial charge < -0.3 is 15.2 Å². The van der Waals surface area contributed by atoms with Gasteiger partial charge in [-0.3, -0.25) is 9.78 Å². The number of rotatable bonds is 2. The molecule has 4 rings (SSSR count). The second-order valence-electron chi connectivity index (χ2n) is 7.14. The zero-order valence-corrected chi connectivity index (χ0v) is 14.3. The number of nitrogens with zero attached hydrogens (tertiary/aromatic N) is 3. The maximum absolute atomic E-state index is 12.0. The molecule has 2 aromatic heterocycles. The first-order valence-electron chi connectivity index (χ1n) is 8.69. The highest BCUT2D eigenvalue weighted by molar-refractivity contribution is 5.64. The van der Waals surface area contributed by atoms with Crippen LogP contribution in [0.15, 0.2) is 21.9 Å². The van der Waals surface area contributed by atoms with Crippen LogP contribution < -0.4 is 21.5 Å². The minimum atomic E-state index is -0.527. The number of hydrogen-bond donors (Lipinski definition) is 3. The van der Waals surface area contributed by atoms with Crippen LogP contribution in [0.25, 0.3) is 11.3 Å². The molecule has 3 N–H and O–H groups in total. The van der Waals surface area contributed by atoms with Gasteiger partial charge in [0.25, 0.3) is 5.56 Å². The maximum Gasteiger partial charge on any atom is 0.325 e. The molecule has 1 spiro atoms. The van der Waals surface area contributed by atoms with Gasteiger partial charge in [-0.25, -0.2) is 4.79 Å². The Morgan fingerprint density at radius 1 is 1.24 bits per heavy atom. The van der Waals surface area contributed by atoms with Gasteiger partial charge in [-0.05, 0) is 38.8 Å². The largest absolute Gasteiger partial charge is 0.369 e. The Balaban J connectivity index is 1.66. The fourth-order valence-corrected chi connectivity index (χ4v) is 4.01. The first-order chi connectivity index (χ1) is 12.1. The molecule has 0 radical (unpaired) electrons. The Morgan fingerprint density at radius 3 is 2.88 bits per heavy atom. The van der Waals surface area contributed by atoms with Crippen molar-refractivity contribution in [2.75, 3.05) is 31.1 Å². The van der Waals surface area contributed by atoms with Crippen LogP contribution in [-0.2, 0) is 0 Å². The average Bonchev–Trinajstić information content (AvgIpc) is 2.99. The summed E-state index contributed by atoms with van der Waals surface area (Å²) in [6, 6.07) is 1.90. The van der Waals surface area contributed by atoms with Crippen LogP contribution in [0.3, 0.4) is 0 Å². The molecule has 8 heteroatoms. The van der Waals surface area contributed by atoms with E-state index in [9.17, 15) is 9.59 Å².